The fourth-order valence-corrected chi connectivity index (χ4v) is 2.12. The molecule has 0 aromatic carbocycles. The summed E-state index contributed by atoms with van der Waals surface area (Å²) in [6.07, 6.45) is 0. The van der Waals surface area contributed by atoms with Gasteiger partial charge in [0.25, 0.3) is 0 Å². The van der Waals surface area contributed by atoms with Crippen LogP contribution in [0.15, 0.2) is 0 Å². The Morgan fingerprint density at radius 1 is 1.40 bits per heavy atom. The highest BCUT2D eigenvalue weighted by atomic mass is 32.2. The highest BCUT2D eigenvalue weighted by Crippen LogP contribution is 1.95. The molecule has 2 N–H and O–H groups in total. The lowest BCUT2D eigenvalue weighted by Gasteiger charge is -2.16. The third kappa shape index (κ3) is 6.09. The van der Waals surface area contributed by atoms with Crippen LogP contribution in [-0.4, -0.2) is 58.8 Å². The summed E-state index contributed by atoms with van der Waals surface area (Å²) in [6, 6.07) is 0. The van der Waals surface area contributed by atoms with Crippen LogP contribution in [0.2, 0.25) is 0 Å². The molecule has 0 saturated carbocycles. The molecule has 0 spiro atoms. The van der Waals surface area contributed by atoms with Gasteiger partial charge in [0.1, 0.15) is 0 Å². The van der Waals surface area contributed by atoms with Crippen molar-refractivity contribution in [3.05, 3.63) is 0 Å². The minimum Gasteiger partial charge on any atom is -0.318 e. The van der Waals surface area contributed by atoms with Gasteiger partial charge >= 0.3 is 0 Å². The summed E-state index contributed by atoms with van der Waals surface area (Å²) >= 11 is 0. The molecule has 0 heterocycles. The quantitative estimate of drug-likeness (QED) is 0.595. The molecule has 1 unspecified atom stereocenters. The second kappa shape index (κ2) is 7.16. The van der Waals surface area contributed by atoms with E-state index in [2.05, 4.69) is 14.9 Å². The number of hydrogen-bond donors (Lipinski definition) is 2. The highest BCUT2D eigenvalue weighted by molar-refractivity contribution is 7.90. The molecule has 1 atom stereocenters. The number of nitrogens with zero attached hydrogens (tertiary/aromatic N) is 1. The smallest absolute Gasteiger partial charge is 0.215 e. The molecule has 15 heavy (non-hydrogen) atoms. The average Bonchev–Trinajstić information content (AvgIpc) is 2.17. The summed E-state index contributed by atoms with van der Waals surface area (Å²) in [5, 5.41) is 2.46. The summed E-state index contributed by atoms with van der Waals surface area (Å²) in [4.78, 5) is 2.06. The van der Waals surface area contributed by atoms with Gasteiger partial charge in [-0.15, -0.1) is 0 Å². The van der Waals surface area contributed by atoms with Gasteiger partial charge in [-0.3, -0.25) is 0 Å². The summed E-state index contributed by atoms with van der Waals surface area (Å²) < 4.78 is 25.8. The molecule has 0 aromatic heterocycles. The number of sulfonamides is 1. The fraction of sp³-hybridized carbons (Fsp3) is 1.00. The summed E-state index contributed by atoms with van der Waals surface area (Å²) in [5.74, 6) is 0. The van der Waals surface area contributed by atoms with E-state index < -0.39 is 15.3 Å². The van der Waals surface area contributed by atoms with Crippen molar-refractivity contribution in [3.8, 4) is 0 Å². The van der Waals surface area contributed by atoms with Gasteiger partial charge in [-0.2, -0.15) is 0 Å². The Labute approximate surface area is 93.3 Å². The number of likely N-dealkylation sites (N-methyl/N-ethyl adjacent to an activating group) is 1. The van der Waals surface area contributed by atoms with E-state index in [1.165, 1.54) is 0 Å². The maximum absolute atomic E-state index is 11.6. The minimum atomic E-state index is -3.17. The molecule has 5 nitrogen and oxygen atoms in total. The Balaban J connectivity index is 3.94. The molecular formula is C9H23N3O2S. The van der Waals surface area contributed by atoms with Crippen LogP contribution in [0.3, 0.4) is 0 Å². The fourth-order valence-electron chi connectivity index (χ4n) is 1.08. The van der Waals surface area contributed by atoms with Crippen LogP contribution in [0.4, 0.5) is 0 Å². The lowest BCUT2D eigenvalue weighted by molar-refractivity contribution is 0.357. The summed E-state index contributed by atoms with van der Waals surface area (Å²) in [7, 11) is 0.545. The van der Waals surface area contributed by atoms with Crippen molar-refractivity contribution < 1.29 is 8.42 Å². The van der Waals surface area contributed by atoms with Gasteiger partial charge in [0.2, 0.25) is 10.0 Å². The second-order valence-corrected chi connectivity index (χ2v) is 5.89. The molecule has 0 saturated heterocycles. The first-order valence-corrected chi connectivity index (χ1v) is 6.80. The number of rotatable bonds is 8. The maximum atomic E-state index is 11.6. The van der Waals surface area contributed by atoms with Crippen molar-refractivity contribution in [3.63, 3.8) is 0 Å². The Kier molecular flexibility index (Phi) is 7.08. The summed E-state index contributed by atoms with van der Waals surface area (Å²) in [5.41, 5.74) is 0. The van der Waals surface area contributed by atoms with Crippen molar-refractivity contribution >= 4 is 10.0 Å². The Morgan fingerprint density at radius 3 is 2.47 bits per heavy atom. The third-order valence-corrected chi connectivity index (χ3v) is 4.19. The largest absolute Gasteiger partial charge is 0.318 e. The Morgan fingerprint density at radius 2 is 2.00 bits per heavy atom. The molecule has 0 radical (unpaired) electrons. The zero-order chi connectivity index (χ0) is 11.9. The van der Waals surface area contributed by atoms with Crippen molar-refractivity contribution in [1.82, 2.24) is 14.9 Å². The highest BCUT2D eigenvalue weighted by Gasteiger charge is 2.18. The lowest BCUT2D eigenvalue weighted by Crippen LogP contribution is -2.41. The van der Waals surface area contributed by atoms with Crippen molar-refractivity contribution in [2.75, 3.05) is 40.3 Å². The summed E-state index contributed by atoms with van der Waals surface area (Å²) in [6.45, 7) is 6.34. The number of nitrogens with one attached hydrogen (secondary N) is 2. The van der Waals surface area contributed by atoms with E-state index in [0.717, 1.165) is 13.1 Å². The standard InChI is InChI=1S/C9H23N3O2S/c1-5-12(4)7-6-11-15(13,14)9(2)8-10-3/h9-11H,5-8H2,1-4H3. The average molecular weight is 237 g/mol. The second-order valence-electron chi connectivity index (χ2n) is 3.70. The normalized spacial score (nSPS) is 14.5. The van der Waals surface area contributed by atoms with Gasteiger partial charge in [-0.1, -0.05) is 6.92 Å². The molecule has 0 amide bonds. The van der Waals surface area contributed by atoms with Crippen molar-refractivity contribution in [2.45, 2.75) is 19.1 Å². The van der Waals surface area contributed by atoms with Gasteiger partial charge in [-0.25, -0.2) is 13.1 Å². The molecule has 0 bridgehead atoms. The maximum Gasteiger partial charge on any atom is 0.215 e. The molecule has 0 aromatic rings. The topological polar surface area (TPSA) is 61.4 Å². The zero-order valence-electron chi connectivity index (χ0n) is 10.1. The zero-order valence-corrected chi connectivity index (χ0v) is 10.9. The van der Waals surface area contributed by atoms with Gasteiger partial charge in [0.15, 0.2) is 0 Å². The lowest BCUT2D eigenvalue weighted by atomic mass is 10.5. The van der Waals surface area contributed by atoms with Gasteiger partial charge < -0.3 is 10.2 Å². The van der Waals surface area contributed by atoms with Crippen LogP contribution in [0.25, 0.3) is 0 Å². The first-order valence-electron chi connectivity index (χ1n) is 5.25. The molecule has 0 aliphatic carbocycles. The Hall–Kier alpha value is -0.170. The third-order valence-electron chi connectivity index (χ3n) is 2.36. The molecular weight excluding hydrogens is 214 g/mol. The monoisotopic (exact) mass is 237 g/mol. The predicted molar refractivity (Wildman–Crippen MR) is 63.5 cm³/mol. The van der Waals surface area contributed by atoms with Gasteiger partial charge in [0.05, 0.1) is 5.25 Å². The first kappa shape index (κ1) is 14.8. The minimum absolute atomic E-state index is 0.394. The molecule has 0 rings (SSSR count). The van der Waals surface area contributed by atoms with E-state index >= 15 is 0 Å². The molecule has 0 aliphatic rings. The molecule has 0 aliphatic heterocycles. The van der Waals surface area contributed by atoms with E-state index in [9.17, 15) is 8.42 Å². The van der Waals surface area contributed by atoms with Crippen molar-refractivity contribution in [1.29, 1.82) is 0 Å². The molecule has 0 fully saturated rings. The van der Waals surface area contributed by atoms with Crippen LogP contribution >= 0.6 is 0 Å². The van der Waals surface area contributed by atoms with Gasteiger partial charge in [-0.05, 0) is 27.6 Å². The van der Waals surface area contributed by atoms with Crippen LogP contribution in [-0.2, 0) is 10.0 Å². The van der Waals surface area contributed by atoms with E-state index in [-0.39, 0.29) is 0 Å². The van der Waals surface area contributed by atoms with E-state index in [4.69, 9.17) is 0 Å². The van der Waals surface area contributed by atoms with Crippen LogP contribution in [0.1, 0.15) is 13.8 Å². The molecule has 92 valence electrons. The van der Waals surface area contributed by atoms with Crippen molar-refractivity contribution in [2.24, 2.45) is 0 Å². The first-order chi connectivity index (χ1) is 6.94. The van der Waals surface area contributed by atoms with Crippen LogP contribution in [0.5, 0.6) is 0 Å². The molecule has 6 heteroatoms. The SMILES string of the molecule is CCN(C)CCNS(=O)(=O)C(C)CNC. The van der Waals surface area contributed by atoms with Gasteiger partial charge in [0, 0.05) is 19.6 Å². The number of hydrogen-bond acceptors (Lipinski definition) is 4. The van der Waals surface area contributed by atoms with Crippen LogP contribution in [0, 0.1) is 0 Å². The predicted octanol–water partition coefficient (Wildman–Crippen LogP) is -0.535. The Bertz CT molecular complexity index is 254. The van der Waals surface area contributed by atoms with E-state index in [1.54, 1.807) is 14.0 Å². The van der Waals surface area contributed by atoms with Crippen LogP contribution < -0.4 is 10.0 Å². The van der Waals surface area contributed by atoms with E-state index in [0.29, 0.717) is 13.1 Å². The van der Waals surface area contributed by atoms with E-state index in [1.807, 2.05) is 14.0 Å².